The zero-order valence-corrected chi connectivity index (χ0v) is 19.8. The van der Waals surface area contributed by atoms with Gasteiger partial charge in [0, 0.05) is 55.9 Å². The van der Waals surface area contributed by atoms with Crippen molar-refractivity contribution < 1.29 is 9.18 Å². The fourth-order valence-electron chi connectivity index (χ4n) is 5.32. The smallest absolute Gasteiger partial charge is 0.256 e. The third-order valence-corrected chi connectivity index (χ3v) is 7.25. The maximum Gasteiger partial charge on any atom is 0.256 e. The van der Waals surface area contributed by atoms with Crippen molar-refractivity contribution in [1.29, 1.82) is 0 Å². The molecule has 2 aromatic carbocycles. The van der Waals surface area contributed by atoms with E-state index in [2.05, 4.69) is 16.5 Å². The molecule has 5 nitrogen and oxygen atoms in total. The van der Waals surface area contributed by atoms with E-state index < -0.39 is 0 Å². The number of piperidine rings is 1. The quantitative estimate of drug-likeness (QED) is 0.554. The summed E-state index contributed by atoms with van der Waals surface area (Å²) in [6, 6.07) is 12.6. The number of nitrogens with zero attached hydrogens (tertiary/aromatic N) is 4. The van der Waals surface area contributed by atoms with Crippen LogP contribution < -0.4 is 4.90 Å². The Bertz CT molecular complexity index is 1150. The van der Waals surface area contributed by atoms with Gasteiger partial charge in [-0.25, -0.2) is 4.39 Å². The molecule has 0 spiro atoms. The third kappa shape index (κ3) is 4.59. The largest absolute Gasteiger partial charge is 0.366 e. The van der Waals surface area contributed by atoms with Crippen LogP contribution in [0.2, 0.25) is 5.02 Å². The normalized spacial score (nSPS) is 19.9. The number of amides is 1. The fraction of sp³-hybridized carbons (Fsp3) is 0.423. The Hall–Kier alpha value is -2.57. The number of para-hydroxylation sites is 1. The fourth-order valence-corrected chi connectivity index (χ4v) is 5.48. The van der Waals surface area contributed by atoms with Crippen molar-refractivity contribution in [3.05, 3.63) is 65.1 Å². The number of carbonyl (C=O) groups excluding carboxylic acids is 1. The first kappa shape index (κ1) is 22.2. The predicted molar refractivity (Wildman–Crippen MR) is 132 cm³/mol. The molecule has 1 atom stereocenters. The minimum atomic E-state index is -0.217. The Balaban J connectivity index is 1.36. The molecular weight excluding hydrogens is 439 g/mol. The second kappa shape index (κ2) is 9.35. The van der Waals surface area contributed by atoms with Gasteiger partial charge in [-0.1, -0.05) is 29.8 Å². The van der Waals surface area contributed by atoms with E-state index in [9.17, 15) is 9.18 Å². The van der Waals surface area contributed by atoms with E-state index in [1.807, 2.05) is 40.3 Å². The SMILES string of the molecule is CN1CCC[C@H](Cn2cc(C(=O)N3CCN(c4ccccc4F)CC3)c3ccc(Cl)cc32)C1. The Labute approximate surface area is 199 Å². The van der Waals surface area contributed by atoms with Gasteiger partial charge in [0.15, 0.2) is 0 Å². The summed E-state index contributed by atoms with van der Waals surface area (Å²) in [7, 11) is 2.17. The standard InChI is InChI=1S/C26H30ClFN4O/c1-29-10-4-5-19(16-29)17-32-18-22(21-9-8-20(27)15-25(21)32)26(33)31-13-11-30(12-14-31)24-7-3-2-6-23(24)28/h2-3,6-9,15,18-19H,4-5,10-14,16-17H2,1H3/t19-/m0/s1. The summed E-state index contributed by atoms with van der Waals surface area (Å²) in [6.07, 6.45) is 4.42. The molecule has 2 fully saturated rings. The summed E-state index contributed by atoms with van der Waals surface area (Å²) < 4.78 is 16.4. The molecule has 33 heavy (non-hydrogen) atoms. The maximum atomic E-state index is 14.2. The molecule has 3 heterocycles. The molecule has 2 aliphatic heterocycles. The highest BCUT2D eigenvalue weighted by Gasteiger charge is 2.27. The van der Waals surface area contributed by atoms with Crippen LogP contribution in [0.25, 0.3) is 10.9 Å². The van der Waals surface area contributed by atoms with E-state index >= 15 is 0 Å². The first-order valence-corrected chi connectivity index (χ1v) is 12.1. The van der Waals surface area contributed by atoms with Gasteiger partial charge in [0.2, 0.25) is 0 Å². The summed E-state index contributed by atoms with van der Waals surface area (Å²) >= 11 is 6.33. The molecule has 7 heteroatoms. The number of hydrogen-bond donors (Lipinski definition) is 0. The van der Waals surface area contributed by atoms with Crippen molar-refractivity contribution in [3.63, 3.8) is 0 Å². The number of carbonyl (C=O) groups is 1. The Morgan fingerprint density at radius 3 is 2.64 bits per heavy atom. The van der Waals surface area contributed by atoms with Gasteiger partial charge in [-0.2, -0.15) is 0 Å². The number of likely N-dealkylation sites (tertiary alicyclic amines) is 1. The van der Waals surface area contributed by atoms with Crippen LogP contribution in [0.15, 0.2) is 48.7 Å². The predicted octanol–water partition coefficient (Wildman–Crippen LogP) is 4.74. The van der Waals surface area contributed by atoms with Crippen molar-refractivity contribution in [2.45, 2.75) is 19.4 Å². The number of rotatable bonds is 4. The number of hydrogen-bond acceptors (Lipinski definition) is 3. The number of anilines is 1. The van der Waals surface area contributed by atoms with Crippen LogP contribution in [0.1, 0.15) is 23.2 Å². The second-order valence-electron chi connectivity index (χ2n) is 9.36. The van der Waals surface area contributed by atoms with Crippen molar-refractivity contribution in [2.24, 2.45) is 5.92 Å². The van der Waals surface area contributed by atoms with Gasteiger partial charge in [0.25, 0.3) is 5.91 Å². The lowest BCUT2D eigenvalue weighted by atomic mass is 9.98. The monoisotopic (exact) mass is 468 g/mol. The van der Waals surface area contributed by atoms with E-state index in [0.29, 0.717) is 42.8 Å². The lowest BCUT2D eigenvalue weighted by Gasteiger charge is -2.36. The first-order chi connectivity index (χ1) is 16.0. The molecule has 0 saturated carbocycles. The van der Waals surface area contributed by atoms with E-state index in [-0.39, 0.29) is 11.7 Å². The van der Waals surface area contributed by atoms with Gasteiger partial charge in [0.1, 0.15) is 5.82 Å². The Morgan fingerprint density at radius 2 is 1.88 bits per heavy atom. The third-order valence-electron chi connectivity index (χ3n) is 7.01. The highest BCUT2D eigenvalue weighted by molar-refractivity contribution is 6.31. The molecule has 174 valence electrons. The summed E-state index contributed by atoms with van der Waals surface area (Å²) in [5, 5.41) is 1.63. The average Bonchev–Trinajstić information content (AvgIpc) is 3.16. The van der Waals surface area contributed by atoms with Crippen LogP contribution in [0.5, 0.6) is 0 Å². The molecule has 0 aliphatic carbocycles. The van der Waals surface area contributed by atoms with Gasteiger partial charge in [-0.05, 0) is 56.6 Å². The van der Waals surface area contributed by atoms with E-state index in [4.69, 9.17) is 11.6 Å². The van der Waals surface area contributed by atoms with E-state index in [0.717, 1.165) is 36.1 Å². The lowest BCUT2D eigenvalue weighted by molar-refractivity contribution is 0.0748. The molecular formula is C26H30ClFN4O. The van der Waals surface area contributed by atoms with Crippen LogP contribution in [-0.4, -0.2) is 66.6 Å². The van der Waals surface area contributed by atoms with E-state index in [1.54, 1.807) is 12.1 Å². The lowest BCUT2D eigenvalue weighted by Crippen LogP contribution is -2.49. The molecule has 0 unspecified atom stereocenters. The van der Waals surface area contributed by atoms with Crippen LogP contribution in [0.3, 0.4) is 0 Å². The molecule has 3 aromatic rings. The Morgan fingerprint density at radius 1 is 1.09 bits per heavy atom. The average molecular weight is 469 g/mol. The van der Waals surface area contributed by atoms with Gasteiger partial charge < -0.3 is 19.3 Å². The van der Waals surface area contributed by atoms with Crippen molar-refractivity contribution in [2.75, 3.05) is 51.2 Å². The Kier molecular flexibility index (Phi) is 6.30. The summed E-state index contributed by atoms with van der Waals surface area (Å²) in [4.78, 5) is 19.8. The van der Waals surface area contributed by atoms with Crippen molar-refractivity contribution in [3.8, 4) is 0 Å². The first-order valence-electron chi connectivity index (χ1n) is 11.8. The topological polar surface area (TPSA) is 31.7 Å². The van der Waals surface area contributed by atoms with Crippen molar-refractivity contribution in [1.82, 2.24) is 14.4 Å². The van der Waals surface area contributed by atoms with Gasteiger partial charge >= 0.3 is 0 Å². The summed E-state index contributed by atoms with van der Waals surface area (Å²) in [5.74, 6) is 0.381. The van der Waals surface area contributed by atoms with Crippen LogP contribution >= 0.6 is 11.6 Å². The molecule has 0 bridgehead atoms. The molecule has 0 N–H and O–H groups in total. The molecule has 1 amide bonds. The van der Waals surface area contributed by atoms with Gasteiger partial charge in [-0.3, -0.25) is 4.79 Å². The van der Waals surface area contributed by atoms with E-state index in [1.165, 1.54) is 18.9 Å². The molecule has 1 aromatic heterocycles. The summed E-state index contributed by atoms with van der Waals surface area (Å²) in [6.45, 7) is 5.48. The second-order valence-corrected chi connectivity index (χ2v) is 9.79. The van der Waals surface area contributed by atoms with Crippen molar-refractivity contribution >= 4 is 34.1 Å². The minimum Gasteiger partial charge on any atom is -0.366 e. The molecule has 0 radical (unpaired) electrons. The highest BCUT2D eigenvalue weighted by Crippen LogP contribution is 2.29. The van der Waals surface area contributed by atoms with Crippen LogP contribution in [-0.2, 0) is 6.54 Å². The maximum absolute atomic E-state index is 14.2. The number of halogens is 2. The van der Waals surface area contributed by atoms with Gasteiger partial charge in [-0.15, -0.1) is 0 Å². The molecule has 2 aliphatic rings. The number of fused-ring (bicyclic) bond motifs is 1. The molecule has 2 saturated heterocycles. The zero-order chi connectivity index (χ0) is 22.9. The number of aromatic nitrogens is 1. The van der Waals surface area contributed by atoms with Gasteiger partial charge in [0.05, 0.1) is 16.8 Å². The molecule has 5 rings (SSSR count). The number of benzene rings is 2. The minimum absolute atomic E-state index is 0.0371. The van der Waals surface area contributed by atoms with Crippen LogP contribution in [0, 0.1) is 11.7 Å². The summed E-state index contributed by atoms with van der Waals surface area (Å²) in [5.41, 5.74) is 2.35. The van der Waals surface area contributed by atoms with Crippen LogP contribution in [0.4, 0.5) is 10.1 Å². The highest BCUT2D eigenvalue weighted by atomic mass is 35.5. The zero-order valence-electron chi connectivity index (χ0n) is 19.0. The number of piperazine rings is 1.